The summed E-state index contributed by atoms with van der Waals surface area (Å²) < 4.78 is 1.10. The fourth-order valence-electron chi connectivity index (χ4n) is 4.46. The van der Waals surface area contributed by atoms with Crippen molar-refractivity contribution in [1.82, 2.24) is 25.2 Å². The summed E-state index contributed by atoms with van der Waals surface area (Å²) >= 11 is 0. The van der Waals surface area contributed by atoms with Crippen LogP contribution in [0.25, 0.3) is 10.9 Å². The fourth-order valence-corrected chi connectivity index (χ4v) is 4.46. The molecule has 1 aromatic heterocycles. The summed E-state index contributed by atoms with van der Waals surface area (Å²) in [6, 6.07) is 15.3. The van der Waals surface area contributed by atoms with E-state index in [1.54, 1.807) is 24.3 Å². The second-order valence-electron chi connectivity index (χ2n) is 8.80. The van der Waals surface area contributed by atoms with Crippen LogP contribution in [0.2, 0.25) is 0 Å². The summed E-state index contributed by atoms with van der Waals surface area (Å²) in [5.41, 5.74) is 2.52. The number of aromatic nitrogens is 3. The minimum atomic E-state index is -0.313. The minimum Gasteiger partial charge on any atom is -0.350 e. The van der Waals surface area contributed by atoms with Crippen LogP contribution in [0.5, 0.6) is 0 Å². The van der Waals surface area contributed by atoms with E-state index in [1.807, 2.05) is 0 Å². The third-order valence-electron chi connectivity index (χ3n) is 5.79. The van der Waals surface area contributed by atoms with E-state index in [9.17, 15) is 9.59 Å². The Bertz CT molecular complexity index is 1100. The van der Waals surface area contributed by atoms with E-state index in [0.717, 1.165) is 41.7 Å². The fraction of sp³-hybridized carbons (Fsp3) is 0.417. The van der Waals surface area contributed by atoms with Crippen LogP contribution in [0.3, 0.4) is 0 Å². The first-order chi connectivity index (χ1) is 15.0. The van der Waals surface area contributed by atoms with Gasteiger partial charge in [-0.2, -0.15) is 0 Å². The van der Waals surface area contributed by atoms with Crippen molar-refractivity contribution in [2.75, 3.05) is 13.1 Å². The number of likely N-dealkylation sites (tertiary alicyclic amines) is 1. The molecule has 7 nitrogen and oxygen atoms in total. The van der Waals surface area contributed by atoms with Gasteiger partial charge in [0.1, 0.15) is 12.1 Å². The molecule has 1 aliphatic heterocycles. The average Bonchev–Trinajstić information content (AvgIpc) is 2.75. The zero-order valence-corrected chi connectivity index (χ0v) is 18.1. The third kappa shape index (κ3) is 5.35. The summed E-state index contributed by atoms with van der Waals surface area (Å²) in [6.45, 7) is 8.17. The number of benzene rings is 2. The van der Waals surface area contributed by atoms with Gasteiger partial charge in [0, 0.05) is 26.2 Å². The van der Waals surface area contributed by atoms with Gasteiger partial charge in [-0.25, -0.2) is 4.68 Å². The molecule has 2 heterocycles. The normalized spacial score (nSPS) is 19.4. The number of hydrogen-bond acceptors (Lipinski definition) is 5. The van der Waals surface area contributed by atoms with Gasteiger partial charge >= 0.3 is 0 Å². The molecule has 0 saturated carbocycles. The number of rotatable bonds is 6. The lowest BCUT2D eigenvalue weighted by atomic mass is 9.91. The van der Waals surface area contributed by atoms with Crippen molar-refractivity contribution in [2.24, 2.45) is 11.8 Å². The topological polar surface area (TPSA) is 80.1 Å². The molecule has 1 fully saturated rings. The molecule has 4 rings (SSSR count). The molecule has 0 aliphatic carbocycles. The maximum absolute atomic E-state index is 12.5. The summed E-state index contributed by atoms with van der Waals surface area (Å²) in [4.78, 5) is 27.3. The zero-order valence-electron chi connectivity index (χ0n) is 18.1. The SMILES string of the molecule is C[C@H]1C[C@H](C)CN(Cc2ccc(CNC(=O)Cn3nnc4ccccc4c3=O)cc2)C1. The Morgan fingerprint density at radius 1 is 1.03 bits per heavy atom. The van der Waals surface area contributed by atoms with Crippen molar-refractivity contribution >= 4 is 16.8 Å². The van der Waals surface area contributed by atoms with Gasteiger partial charge in [-0.1, -0.05) is 55.5 Å². The van der Waals surface area contributed by atoms with Crippen LogP contribution in [0.15, 0.2) is 53.3 Å². The third-order valence-corrected chi connectivity index (χ3v) is 5.79. The van der Waals surface area contributed by atoms with Crippen LogP contribution in [0.4, 0.5) is 0 Å². The smallest absolute Gasteiger partial charge is 0.278 e. The predicted molar refractivity (Wildman–Crippen MR) is 120 cm³/mol. The maximum atomic E-state index is 12.5. The second-order valence-corrected chi connectivity index (χ2v) is 8.80. The Hall–Kier alpha value is -3.06. The number of nitrogens with zero attached hydrogens (tertiary/aromatic N) is 4. The lowest BCUT2D eigenvalue weighted by molar-refractivity contribution is -0.122. The lowest BCUT2D eigenvalue weighted by Gasteiger charge is -2.35. The van der Waals surface area contributed by atoms with Crippen molar-refractivity contribution in [3.8, 4) is 0 Å². The Balaban J connectivity index is 1.31. The van der Waals surface area contributed by atoms with E-state index in [4.69, 9.17) is 0 Å². The molecule has 162 valence electrons. The average molecular weight is 420 g/mol. The molecule has 1 amide bonds. The van der Waals surface area contributed by atoms with Gasteiger partial charge in [0.15, 0.2) is 0 Å². The van der Waals surface area contributed by atoms with Crippen molar-refractivity contribution in [2.45, 2.75) is 39.9 Å². The standard InChI is InChI=1S/C24H29N5O2/c1-17-11-18(2)14-28(13-17)15-20-9-7-19(8-10-20)12-25-23(30)16-29-24(31)21-5-3-4-6-22(21)26-27-29/h3-10,17-18H,11-16H2,1-2H3,(H,25,30)/t17-,18-/m0/s1. The first-order valence-corrected chi connectivity index (χ1v) is 10.9. The molecular formula is C24H29N5O2. The van der Waals surface area contributed by atoms with Gasteiger partial charge in [0.25, 0.3) is 5.56 Å². The molecule has 2 aromatic carbocycles. The molecule has 0 radical (unpaired) electrons. The van der Waals surface area contributed by atoms with Crippen molar-refractivity contribution in [3.63, 3.8) is 0 Å². The molecule has 31 heavy (non-hydrogen) atoms. The van der Waals surface area contributed by atoms with Crippen LogP contribution >= 0.6 is 0 Å². The predicted octanol–water partition coefficient (Wildman–Crippen LogP) is 2.59. The second kappa shape index (κ2) is 9.39. The Kier molecular flexibility index (Phi) is 6.42. The largest absolute Gasteiger partial charge is 0.350 e. The molecule has 0 spiro atoms. The van der Waals surface area contributed by atoms with E-state index in [-0.39, 0.29) is 18.0 Å². The molecular weight excluding hydrogens is 390 g/mol. The monoisotopic (exact) mass is 419 g/mol. The number of carbonyl (C=O) groups is 1. The Morgan fingerprint density at radius 2 is 1.71 bits per heavy atom. The summed E-state index contributed by atoms with van der Waals surface area (Å²) in [5, 5.41) is 11.2. The first-order valence-electron chi connectivity index (χ1n) is 10.9. The number of fused-ring (bicyclic) bond motifs is 1. The molecule has 1 aliphatic rings. The van der Waals surface area contributed by atoms with Crippen LogP contribution in [-0.4, -0.2) is 38.9 Å². The first kappa shape index (κ1) is 21.2. The number of carbonyl (C=O) groups excluding carboxylic acids is 1. The minimum absolute atomic E-state index is 0.153. The highest BCUT2D eigenvalue weighted by Crippen LogP contribution is 2.22. The van der Waals surface area contributed by atoms with Crippen molar-refractivity contribution in [3.05, 3.63) is 70.0 Å². The highest BCUT2D eigenvalue weighted by molar-refractivity contribution is 5.78. The van der Waals surface area contributed by atoms with Gasteiger partial charge in [0.2, 0.25) is 5.91 Å². The van der Waals surface area contributed by atoms with E-state index in [1.165, 1.54) is 12.0 Å². The van der Waals surface area contributed by atoms with Crippen LogP contribution in [0, 0.1) is 11.8 Å². The maximum Gasteiger partial charge on any atom is 0.278 e. The number of amides is 1. The van der Waals surface area contributed by atoms with E-state index in [0.29, 0.717) is 17.4 Å². The quantitative estimate of drug-likeness (QED) is 0.664. The van der Waals surface area contributed by atoms with Gasteiger partial charge in [-0.05, 0) is 41.5 Å². The number of nitrogens with one attached hydrogen (secondary N) is 1. The highest BCUT2D eigenvalue weighted by Gasteiger charge is 2.21. The van der Waals surface area contributed by atoms with E-state index in [2.05, 4.69) is 58.6 Å². The zero-order chi connectivity index (χ0) is 21.8. The molecule has 7 heteroatoms. The molecule has 1 saturated heterocycles. The highest BCUT2D eigenvalue weighted by atomic mass is 16.2. The van der Waals surface area contributed by atoms with Gasteiger partial charge in [-0.15, -0.1) is 5.10 Å². The summed E-state index contributed by atoms with van der Waals surface area (Å²) in [7, 11) is 0. The van der Waals surface area contributed by atoms with Crippen LogP contribution < -0.4 is 10.9 Å². The summed E-state index contributed by atoms with van der Waals surface area (Å²) in [5.74, 6) is 1.23. The lowest BCUT2D eigenvalue weighted by Crippen LogP contribution is -2.38. The molecule has 0 unspecified atom stereocenters. The van der Waals surface area contributed by atoms with Gasteiger partial charge in [-0.3, -0.25) is 14.5 Å². The molecule has 3 aromatic rings. The molecule has 0 bridgehead atoms. The Morgan fingerprint density at radius 3 is 2.45 bits per heavy atom. The Labute approximate surface area is 182 Å². The number of hydrogen-bond donors (Lipinski definition) is 1. The van der Waals surface area contributed by atoms with Gasteiger partial charge < -0.3 is 5.32 Å². The van der Waals surface area contributed by atoms with Crippen molar-refractivity contribution < 1.29 is 4.79 Å². The van der Waals surface area contributed by atoms with Crippen LogP contribution in [-0.2, 0) is 24.4 Å². The van der Waals surface area contributed by atoms with Gasteiger partial charge in [0.05, 0.1) is 5.39 Å². The van der Waals surface area contributed by atoms with E-state index < -0.39 is 0 Å². The summed E-state index contributed by atoms with van der Waals surface area (Å²) in [6.07, 6.45) is 1.31. The van der Waals surface area contributed by atoms with Crippen LogP contribution in [0.1, 0.15) is 31.4 Å². The van der Waals surface area contributed by atoms with Crippen molar-refractivity contribution in [1.29, 1.82) is 0 Å². The molecule has 1 N–H and O–H groups in total. The molecule has 2 atom stereocenters. The number of piperidine rings is 1. The van der Waals surface area contributed by atoms with E-state index >= 15 is 0 Å².